The monoisotopic (exact) mass is 171 g/mol. The second-order valence-corrected chi connectivity index (χ2v) is 2.83. The topological polar surface area (TPSA) is 38.7 Å². The molecule has 0 saturated heterocycles. The quantitative estimate of drug-likeness (QED) is 0.657. The van der Waals surface area contributed by atoms with Crippen LogP contribution in [0.4, 0.5) is 0 Å². The summed E-state index contributed by atoms with van der Waals surface area (Å²) in [5, 5.41) is 7.69. The van der Waals surface area contributed by atoms with Crippen LogP contribution in [0.3, 0.4) is 0 Å². The lowest BCUT2D eigenvalue weighted by Crippen LogP contribution is -1.89. The number of hydrogen-bond acceptors (Lipinski definition) is 3. The van der Waals surface area contributed by atoms with Crippen molar-refractivity contribution in [2.24, 2.45) is 0 Å². The Kier molecular flexibility index (Phi) is 2.00. The predicted octanol–water partition coefficient (Wildman–Crippen LogP) is 1.85. The third kappa shape index (κ3) is 1.69. The number of benzene rings is 1. The fourth-order valence-electron chi connectivity index (χ4n) is 1.08. The molecule has 13 heavy (non-hydrogen) atoms. The lowest BCUT2D eigenvalue weighted by molar-refractivity contribution is 0.980. The van der Waals surface area contributed by atoms with E-state index in [-0.39, 0.29) is 0 Å². The average Bonchev–Trinajstić information content (AvgIpc) is 2.20. The number of aromatic nitrogens is 3. The zero-order valence-electron chi connectivity index (χ0n) is 7.31. The SMILES string of the molecule is Cc1ccc(-c2nccnn2)cc1. The molecule has 0 atom stereocenters. The first-order valence-corrected chi connectivity index (χ1v) is 4.07. The Morgan fingerprint density at radius 1 is 1.00 bits per heavy atom. The van der Waals surface area contributed by atoms with E-state index in [0.29, 0.717) is 5.82 Å². The van der Waals surface area contributed by atoms with Gasteiger partial charge < -0.3 is 0 Å². The Hall–Kier alpha value is -1.77. The molecule has 0 unspecified atom stereocenters. The molecular weight excluding hydrogens is 162 g/mol. The fraction of sp³-hybridized carbons (Fsp3) is 0.100. The number of rotatable bonds is 1. The van der Waals surface area contributed by atoms with Crippen molar-refractivity contribution in [3.63, 3.8) is 0 Å². The van der Waals surface area contributed by atoms with E-state index in [2.05, 4.69) is 15.2 Å². The van der Waals surface area contributed by atoms with Crippen LogP contribution in [0.2, 0.25) is 0 Å². The summed E-state index contributed by atoms with van der Waals surface area (Å²) in [7, 11) is 0. The molecule has 0 spiro atoms. The Labute approximate surface area is 76.5 Å². The van der Waals surface area contributed by atoms with Gasteiger partial charge in [-0.3, -0.25) is 0 Å². The molecular formula is C10H9N3. The standard InChI is InChI=1S/C10H9N3/c1-8-2-4-9(5-3-8)10-11-6-7-12-13-10/h2-7H,1H3. The number of aryl methyl sites for hydroxylation is 1. The summed E-state index contributed by atoms with van der Waals surface area (Å²) < 4.78 is 0. The largest absolute Gasteiger partial charge is 0.233 e. The Morgan fingerprint density at radius 2 is 1.77 bits per heavy atom. The molecule has 3 heteroatoms. The molecule has 0 bridgehead atoms. The van der Waals surface area contributed by atoms with E-state index < -0.39 is 0 Å². The smallest absolute Gasteiger partial charge is 0.181 e. The summed E-state index contributed by atoms with van der Waals surface area (Å²) in [6.07, 6.45) is 3.21. The van der Waals surface area contributed by atoms with Crippen molar-refractivity contribution in [3.05, 3.63) is 42.2 Å². The lowest BCUT2D eigenvalue weighted by Gasteiger charge is -1.97. The van der Waals surface area contributed by atoms with Gasteiger partial charge in [-0.2, -0.15) is 5.10 Å². The van der Waals surface area contributed by atoms with Gasteiger partial charge >= 0.3 is 0 Å². The molecule has 0 radical (unpaired) electrons. The lowest BCUT2D eigenvalue weighted by atomic mass is 10.1. The Morgan fingerprint density at radius 3 is 2.38 bits per heavy atom. The van der Waals surface area contributed by atoms with E-state index in [4.69, 9.17) is 0 Å². The van der Waals surface area contributed by atoms with Gasteiger partial charge in [0.25, 0.3) is 0 Å². The summed E-state index contributed by atoms with van der Waals surface area (Å²) >= 11 is 0. The van der Waals surface area contributed by atoms with Crippen molar-refractivity contribution in [2.45, 2.75) is 6.92 Å². The summed E-state index contributed by atoms with van der Waals surface area (Å²) in [5.41, 5.74) is 2.23. The van der Waals surface area contributed by atoms with Crippen LogP contribution in [-0.2, 0) is 0 Å². The van der Waals surface area contributed by atoms with Gasteiger partial charge in [0, 0.05) is 11.8 Å². The minimum absolute atomic E-state index is 0.669. The van der Waals surface area contributed by atoms with Crippen molar-refractivity contribution >= 4 is 0 Å². The highest BCUT2D eigenvalue weighted by Crippen LogP contribution is 2.13. The van der Waals surface area contributed by atoms with Gasteiger partial charge in [-0.05, 0) is 6.92 Å². The first-order chi connectivity index (χ1) is 6.36. The van der Waals surface area contributed by atoms with Crippen LogP contribution in [-0.4, -0.2) is 15.2 Å². The molecule has 0 N–H and O–H groups in total. The molecule has 2 aromatic rings. The minimum Gasteiger partial charge on any atom is -0.233 e. The zero-order valence-corrected chi connectivity index (χ0v) is 7.31. The molecule has 0 saturated carbocycles. The van der Waals surface area contributed by atoms with E-state index >= 15 is 0 Å². The van der Waals surface area contributed by atoms with Gasteiger partial charge in [-0.15, -0.1) is 5.10 Å². The van der Waals surface area contributed by atoms with E-state index in [1.165, 1.54) is 5.56 Å². The summed E-state index contributed by atoms with van der Waals surface area (Å²) in [5.74, 6) is 0.669. The third-order valence-corrected chi connectivity index (χ3v) is 1.79. The molecule has 0 fully saturated rings. The Balaban J connectivity index is 2.42. The van der Waals surface area contributed by atoms with E-state index in [0.717, 1.165) is 5.56 Å². The van der Waals surface area contributed by atoms with Crippen molar-refractivity contribution in [3.8, 4) is 11.4 Å². The normalized spacial score (nSPS) is 9.92. The minimum atomic E-state index is 0.669. The molecule has 3 nitrogen and oxygen atoms in total. The van der Waals surface area contributed by atoms with Crippen molar-refractivity contribution < 1.29 is 0 Å². The van der Waals surface area contributed by atoms with Crippen LogP contribution in [0.1, 0.15) is 5.56 Å². The second kappa shape index (κ2) is 3.31. The highest BCUT2D eigenvalue weighted by atomic mass is 15.1. The van der Waals surface area contributed by atoms with E-state index in [1.807, 2.05) is 31.2 Å². The summed E-state index contributed by atoms with van der Waals surface area (Å²) in [4.78, 5) is 4.11. The van der Waals surface area contributed by atoms with Gasteiger partial charge in [-0.1, -0.05) is 29.8 Å². The van der Waals surface area contributed by atoms with Crippen molar-refractivity contribution in [1.82, 2.24) is 15.2 Å². The van der Waals surface area contributed by atoms with Crippen LogP contribution in [0, 0.1) is 6.92 Å². The van der Waals surface area contributed by atoms with Crippen LogP contribution < -0.4 is 0 Å². The van der Waals surface area contributed by atoms with Crippen LogP contribution in [0.25, 0.3) is 11.4 Å². The maximum Gasteiger partial charge on any atom is 0.181 e. The highest BCUT2D eigenvalue weighted by molar-refractivity contribution is 5.54. The number of nitrogens with zero attached hydrogens (tertiary/aromatic N) is 3. The molecule has 0 amide bonds. The highest BCUT2D eigenvalue weighted by Gasteiger charge is 1.98. The zero-order chi connectivity index (χ0) is 9.10. The number of hydrogen-bond donors (Lipinski definition) is 0. The molecule has 64 valence electrons. The van der Waals surface area contributed by atoms with Crippen molar-refractivity contribution in [1.29, 1.82) is 0 Å². The maximum atomic E-state index is 4.11. The van der Waals surface area contributed by atoms with E-state index in [1.54, 1.807) is 12.4 Å². The van der Waals surface area contributed by atoms with Crippen LogP contribution in [0.5, 0.6) is 0 Å². The van der Waals surface area contributed by atoms with Gasteiger partial charge in [-0.25, -0.2) is 4.98 Å². The van der Waals surface area contributed by atoms with Crippen LogP contribution in [0.15, 0.2) is 36.7 Å². The molecule has 0 aliphatic carbocycles. The fourth-order valence-corrected chi connectivity index (χ4v) is 1.08. The molecule has 0 aliphatic heterocycles. The first kappa shape index (κ1) is 7.86. The molecule has 1 aromatic carbocycles. The van der Waals surface area contributed by atoms with Gasteiger partial charge in [0.15, 0.2) is 5.82 Å². The molecule has 0 aliphatic rings. The molecule has 2 rings (SSSR count). The third-order valence-electron chi connectivity index (χ3n) is 1.79. The predicted molar refractivity (Wildman–Crippen MR) is 50.0 cm³/mol. The van der Waals surface area contributed by atoms with Gasteiger partial charge in [0.05, 0.1) is 6.20 Å². The van der Waals surface area contributed by atoms with Gasteiger partial charge in [0.2, 0.25) is 0 Å². The van der Waals surface area contributed by atoms with Crippen molar-refractivity contribution in [2.75, 3.05) is 0 Å². The first-order valence-electron chi connectivity index (χ1n) is 4.07. The van der Waals surface area contributed by atoms with E-state index in [9.17, 15) is 0 Å². The summed E-state index contributed by atoms with van der Waals surface area (Å²) in [6, 6.07) is 8.05. The molecule has 1 aromatic heterocycles. The molecule has 1 heterocycles. The van der Waals surface area contributed by atoms with Gasteiger partial charge in [0.1, 0.15) is 0 Å². The maximum absolute atomic E-state index is 4.11. The second-order valence-electron chi connectivity index (χ2n) is 2.83. The van der Waals surface area contributed by atoms with Crippen LogP contribution >= 0.6 is 0 Å². The average molecular weight is 171 g/mol. The Bertz CT molecular complexity index is 381. The summed E-state index contributed by atoms with van der Waals surface area (Å²) in [6.45, 7) is 2.05.